The summed E-state index contributed by atoms with van der Waals surface area (Å²) in [4.78, 5) is 14.0. The Kier molecular flexibility index (Phi) is 3.12. The van der Waals surface area contributed by atoms with Crippen molar-refractivity contribution in [1.29, 1.82) is 0 Å². The van der Waals surface area contributed by atoms with Crippen molar-refractivity contribution >= 4 is 17.7 Å². The van der Waals surface area contributed by atoms with Gasteiger partial charge in [-0.1, -0.05) is 0 Å². The molecule has 0 aromatic heterocycles. The Morgan fingerprint density at radius 3 is 3.00 bits per heavy atom. The Bertz CT molecular complexity index is 436. The number of fused-ring (bicyclic) bond motifs is 1. The van der Waals surface area contributed by atoms with Gasteiger partial charge in [-0.15, -0.1) is 0 Å². The highest BCUT2D eigenvalue weighted by Gasteiger charge is 2.29. The molecule has 86 valence electrons. The van der Waals surface area contributed by atoms with E-state index in [2.05, 4.69) is 9.57 Å². The van der Waals surface area contributed by atoms with E-state index in [1.807, 2.05) is 0 Å². The van der Waals surface area contributed by atoms with E-state index < -0.39 is 5.97 Å². The second kappa shape index (κ2) is 4.39. The largest absolute Gasteiger partial charge is 0.465 e. The molecule has 3 nitrogen and oxygen atoms in total. The van der Waals surface area contributed by atoms with E-state index in [9.17, 15) is 9.18 Å². The van der Waals surface area contributed by atoms with E-state index in [0.717, 1.165) is 0 Å². The van der Waals surface area contributed by atoms with Gasteiger partial charge in [0, 0.05) is 5.56 Å². The first-order valence-corrected chi connectivity index (χ1v) is 5.32. The first-order valence-electron chi connectivity index (χ1n) is 4.94. The fourth-order valence-electron chi connectivity index (χ4n) is 2.13. The monoisotopic (exact) mass is 243 g/mol. The van der Waals surface area contributed by atoms with Crippen molar-refractivity contribution in [2.75, 3.05) is 7.11 Å². The number of nitrogens with one attached hydrogen (secondary N) is 1. The SMILES string of the molecule is COC(=O)c1ccc(F)c2c1CC[C@@H]2NCl. The van der Waals surface area contributed by atoms with Crippen LogP contribution < -0.4 is 4.84 Å². The van der Waals surface area contributed by atoms with Crippen LogP contribution in [0.2, 0.25) is 0 Å². The smallest absolute Gasteiger partial charge is 0.338 e. The number of esters is 1. The van der Waals surface area contributed by atoms with Gasteiger partial charge in [0.25, 0.3) is 0 Å². The Hall–Kier alpha value is -1.13. The average molecular weight is 244 g/mol. The molecule has 1 atom stereocenters. The first-order chi connectivity index (χ1) is 7.69. The molecule has 0 aliphatic heterocycles. The molecule has 0 amide bonds. The Morgan fingerprint density at radius 2 is 2.38 bits per heavy atom. The molecule has 0 fully saturated rings. The second-order valence-electron chi connectivity index (χ2n) is 3.68. The lowest BCUT2D eigenvalue weighted by atomic mass is 10.0. The molecule has 0 bridgehead atoms. The third-order valence-electron chi connectivity index (χ3n) is 2.87. The average Bonchev–Trinajstić information content (AvgIpc) is 2.73. The summed E-state index contributed by atoms with van der Waals surface area (Å²) in [6, 6.07) is 2.50. The molecule has 1 aromatic rings. The molecule has 5 heteroatoms. The van der Waals surface area contributed by atoms with Crippen LogP contribution in [-0.2, 0) is 11.2 Å². The van der Waals surface area contributed by atoms with Crippen LogP contribution >= 0.6 is 11.8 Å². The summed E-state index contributed by atoms with van der Waals surface area (Å²) in [5.41, 5.74) is 1.61. The summed E-state index contributed by atoms with van der Waals surface area (Å²) in [5, 5.41) is 0. The number of ether oxygens (including phenoxy) is 1. The molecule has 0 radical (unpaired) electrons. The summed E-state index contributed by atoms with van der Waals surface area (Å²) in [6.45, 7) is 0. The zero-order chi connectivity index (χ0) is 11.7. The predicted molar refractivity (Wildman–Crippen MR) is 57.8 cm³/mol. The number of methoxy groups -OCH3 is 1. The van der Waals surface area contributed by atoms with Crippen LogP contribution in [0, 0.1) is 5.82 Å². The van der Waals surface area contributed by atoms with Crippen LogP contribution in [0.5, 0.6) is 0 Å². The number of halogens is 2. The molecular formula is C11H11ClFNO2. The molecule has 1 aromatic carbocycles. The number of rotatable bonds is 2. The minimum atomic E-state index is -0.438. The Morgan fingerprint density at radius 1 is 1.62 bits per heavy atom. The van der Waals surface area contributed by atoms with Crippen molar-refractivity contribution in [3.63, 3.8) is 0 Å². The van der Waals surface area contributed by atoms with Gasteiger partial charge in [0.2, 0.25) is 0 Å². The molecule has 1 aliphatic carbocycles. The van der Waals surface area contributed by atoms with E-state index in [0.29, 0.717) is 29.5 Å². The van der Waals surface area contributed by atoms with Crippen LogP contribution in [-0.4, -0.2) is 13.1 Å². The summed E-state index contributed by atoms with van der Waals surface area (Å²) < 4.78 is 18.3. The fraction of sp³-hybridized carbons (Fsp3) is 0.364. The standard InChI is InChI=1S/C11H11ClFNO2/c1-16-11(15)7-2-4-8(13)10-6(7)3-5-9(10)14-12/h2,4,9,14H,3,5H2,1H3/t9-/m0/s1. The number of benzene rings is 1. The van der Waals surface area contributed by atoms with Gasteiger partial charge in [-0.25, -0.2) is 14.0 Å². The molecule has 1 aliphatic rings. The quantitative estimate of drug-likeness (QED) is 0.640. The van der Waals surface area contributed by atoms with Gasteiger partial charge in [-0.3, -0.25) is 0 Å². The number of carbonyl (C=O) groups is 1. The van der Waals surface area contributed by atoms with E-state index in [4.69, 9.17) is 11.8 Å². The van der Waals surface area contributed by atoms with Crippen LogP contribution in [0.4, 0.5) is 4.39 Å². The molecule has 0 saturated carbocycles. The van der Waals surface area contributed by atoms with Crippen LogP contribution in [0.3, 0.4) is 0 Å². The second-order valence-corrected chi connectivity index (χ2v) is 3.90. The minimum absolute atomic E-state index is 0.235. The highest BCUT2D eigenvalue weighted by atomic mass is 35.5. The maximum absolute atomic E-state index is 13.6. The van der Waals surface area contributed by atoms with Crippen molar-refractivity contribution in [1.82, 2.24) is 4.84 Å². The first kappa shape index (κ1) is 11.4. The third kappa shape index (κ3) is 1.68. The van der Waals surface area contributed by atoms with E-state index in [1.165, 1.54) is 19.2 Å². The third-order valence-corrected chi connectivity index (χ3v) is 3.14. The highest BCUT2D eigenvalue weighted by molar-refractivity contribution is 6.13. The summed E-state index contributed by atoms with van der Waals surface area (Å²) in [5.74, 6) is -0.773. The Balaban J connectivity index is 2.53. The zero-order valence-corrected chi connectivity index (χ0v) is 9.47. The summed E-state index contributed by atoms with van der Waals surface area (Å²) in [7, 11) is 1.31. The van der Waals surface area contributed by atoms with Gasteiger partial charge in [-0.05, 0) is 42.3 Å². The number of hydrogen-bond acceptors (Lipinski definition) is 3. The molecular weight excluding hydrogens is 233 g/mol. The predicted octanol–water partition coefficient (Wildman–Crippen LogP) is 2.34. The Labute approximate surface area is 97.7 Å². The van der Waals surface area contributed by atoms with Gasteiger partial charge in [0.1, 0.15) is 5.82 Å². The van der Waals surface area contributed by atoms with Gasteiger partial charge < -0.3 is 4.74 Å². The maximum Gasteiger partial charge on any atom is 0.338 e. The van der Waals surface area contributed by atoms with Crippen LogP contribution in [0.15, 0.2) is 12.1 Å². The molecule has 0 unspecified atom stereocenters. The van der Waals surface area contributed by atoms with Gasteiger partial charge in [0.05, 0.1) is 18.7 Å². The van der Waals surface area contributed by atoms with E-state index in [1.54, 1.807) is 0 Å². The van der Waals surface area contributed by atoms with E-state index in [-0.39, 0.29) is 11.9 Å². The van der Waals surface area contributed by atoms with Crippen molar-refractivity contribution < 1.29 is 13.9 Å². The highest BCUT2D eigenvalue weighted by Crippen LogP contribution is 2.35. The summed E-state index contributed by atoms with van der Waals surface area (Å²) >= 11 is 5.54. The lowest BCUT2D eigenvalue weighted by Gasteiger charge is -2.11. The lowest BCUT2D eigenvalue weighted by molar-refractivity contribution is 0.0599. The van der Waals surface area contributed by atoms with Gasteiger partial charge in [0.15, 0.2) is 0 Å². The number of carbonyl (C=O) groups excluding carboxylic acids is 1. The van der Waals surface area contributed by atoms with E-state index >= 15 is 0 Å². The fourth-order valence-corrected chi connectivity index (χ4v) is 2.34. The van der Waals surface area contributed by atoms with Crippen molar-refractivity contribution in [3.8, 4) is 0 Å². The van der Waals surface area contributed by atoms with Crippen molar-refractivity contribution in [3.05, 3.63) is 34.6 Å². The molecule has 16 heavy (non-hydrogen) atoms. The normalized spacial score (nSPS) is 18.3. The van der Waals surface area contributed by atoms with Gasteiger partial charge >= 0.3 is 5.97 Å². The van der Waals surface area contributed by atoms with Gasteiger partial charge in [-0.2, -0.15) is 0 Å². The minimum Gasteiger partial charge on any atom is -0.465 e. The molecule has 1 N–H and O–H groups in total. The topological polar surface area (TPSA) is 38.3 Å². The molecule has 0 heterocycles. The molecule has 0 spiro atoms. The molecule has 0 saturated heterocycles. The molecule has 2 rings (SSSR count). The van der Waals surface area contributed by atoms with Crippen molar-refractivity contribution in [2.45, 2.75) is 18.9 Å². The maximum atomic E-state index is 13.6. The van der Waals surface area contributed by atoms with Crippen LogP contribution in [0.1, 0.15) is 33.9 Å². The zero-order valence-electron chi connectivity index (χ0n) is 8.72. The number of hydrogen-bond donors (Lipinski definition) is 1. The van der Waals surface area contributed by atoms with Crippen LogP contribution in [0.25, 0.3) is 0 Å². The van der Waals surface area contributed by atoms with Crippen molar-refractivity contribution in [2.24, 2.45) is 0 Å². The lowest BCUT2D eigenvalue weighted by Crippen LogP contribution is -2.11. The summed E-state index contributed by atoms with van der Waals surface area (Å²) in [6.07, 6.45) is 1.31.